The first-order chi connectivity index (χ1) is 6.27. The summed E-state index contributed by atoms with van der Waals surface area (Å²) < 4.78 is 0. The van der Waals surface area contributed by atoms with Gasteiger partial charge in [-0.1, -0.05) is 0 Å². The molecule has 0 bridgehead atoms. The van der Waals surface area contributed by atoms with E-state index in [1.54, 1.807) is 12.4 Å². The minimum absolute atomic E-state index is 0.471. The summed E-state index contributed by atoms with van der Waals surface area (Å²) in [5.74, 6) is 0. The van der Waals surface area contributed by atoms with Crippen LogP contribution in [-0.2, 0) is 13.0 Å². The summed E-state index contributed by atoms with van der Waals surface area (Å²) >= 11 is 0. The van der Waals surface area contributed by atoms with Crippen LogP contribution in [0.4, 0.5) is 4.79 Å². The highest BCUT2D eigenvalue weighted by molar-refractivity contribution is 5.65. The van der Waals surface area contributed by atoms with Gasteiger partial charge in [0.1, 0.15) is 0 Å². The Labute approximate surface area is 75.8 Å². The highest BCUT2D eigenvalue weighted by atomic mass is 16.4. The Kier molecular flexibility index (Phi) is 1.88. The lowest BCUT2D eigenvalue weighted by Gasteiger charge is -2.25. The summed E-state index contributed by atoms with van der Waals surface area (Å²) in [5.41, 5.74) is 2.24. The quantitative estimate of drug-likeness (QED) is 0.647. The van der Waals surface area contributed by atoms with Crippen molar-refractivity contribution in [2.24, 2.45) is 0 Å². The van der Waals surface area contributed by atoms with Crippen LogP contribution in [0.3, 0.4) is 0 Å². The predicted molar refractivity (Wildman–Crippen MR) is 46.4 cm³/mol. The third-order valence-corrected chi connectivity index (χ3v) is 2.29. The van der Waals surface area contributed by atoms with E-state index in [2.05, 4.69) is 4.98 Å². The molecule has 0 spiro atoms. The van der Waals surface area contributed by atoms with Gasteiger partial charge in [-0.15, -0.1) is 0 Å². The lowest BCUT2D eigenvalue weighted by molar-refractivity contribution is 0.140. The molecular weight excluding hydrogens is 168 g/mol. The Morgan fingerprint density at radius 1 is 1.54 bits per heavy atom. The third-order valence-electron chi connectivity index (χ3n) is 2.29. The summed E-state index contributed by atoms with van der Waals surface area (Å²) in [5, 5.41) is 8.77. The van der Waals surface area contributed by atoms with Gasteiger partial charge in [0.15, 0.2) is 0 Å². The van der Waals surface area contributed by atoms with Gasteiger partial charge in [-0.05, 0) is 23.6 Å². The van der Waals surface area contributed by atoms with Crippen molar-refractivity contribution in [1.29, 1.82) is 0 Å². The molecule has 2 heterocycles. The van der Waals surface area contributed by atoms with Crippen molar-refractivity contribution in [1.82, 2.24) is 9.88 Å². The number of carbonyl (C=O) groups is 1. The van der Waals surface area contributed by atoms with Crippen LogP contribution in [0.15, 0.2) is 18.5 Å². The maximum atomic E-state index is 10.7. The average molecular weight is 178 g/mol. The molecule has 4 heteroatoms. The van der Waals surface area contributed by atoms with Crippen LogP contribution in [0, 0.1) is 0 Å². The summed E-state index contributed by atoms with van der Waals surface area (Å²) in [6.07, 6.45) is 3.43. The Morgan fingerprint density at radius 2 is 2.38 bits per heavy atom. The van der Waals surface area contributed by atoms with E-state index < -0.39 is 6.09 Å². The van der Waals surface area contributed by atoms with Crippen molar-refractivity contribution >= 4 is 6.09 Å². The van der Waals surface area contributed by atoms with E-state index >= 15 is 0 Å². The van der Waals surface area contributed by atoms with Gasteiger partial charge in [-0.2, -0.15) is 0 Å². The third kappa shape index (κ3) is 1.47. The van der Waals surface area contributed by atoms with Gasteiger partial charge in [-0.25, -0.2) is 4.79 Å². The molecule has 0 unspecified atom stereocenters. The van der Waals surface area contributed by atoms with Crippen LogP contribution in [0.5, 0.6) is 0 Å². The number of nitrogens with zero attached hydrogens (tertiary/aromatic N) is 2. The zero-order valence-electron chi connectivity index (χ0n) is 7.10. The summed E-state index contributed by atoms with van der Waals surface area (Å²) in [7, 11) is 0. The molecule has 1 aliphatic rings. The second kappa shape index (κ2) is 3.05. The van der Waals surface area contributed by atoms with E-state index in [-0.39, 0.29) is 0 Å². The van der Waals surface area contributed by atoms with Crippen LogP contribution in [0.1, 0.15) is 11.1 Å². The van der Waals surface area contributed by atoms with E-state index in [0.29, 0.717) is 13.1 Å². The first-order valence-electron chi connectivity index (χ1n) is 4.17. The van der Waals surface area contributed by atoms with Crippen LogP contribution >= 0.6 is 0 Å². The molecule has 2 rings (SSSR count). The van der Waals surface area contributed by atoms with Crippen molar-refractivity contribution in [3.63, 3.8) is 0 Å². The van der Waals surface area contributed by atoms with Gasteiger partial charge in [0.05, 0.1) is 6.54 Å². The maximum Gasteiger partial charge on any atom is 0.407 e. The summed E-state index contributed by atoms with van der Waals surface area (Å²) in [6.45, 7) is 1.06. The molecule has 68 valence electrons. The Balaban J connectivity index is 2.24. The monoisotopic (exact) mass is 178 g/mol. The van der Waals surface area contributed by atoms with Gasteiger partial charge in [0.25, 0.3) is 0 Å². The summed E-state index contributed by atoms with van der Waals surface area (Å²) in [6, 6.07) is 1.95. The minimum atomic E-state index is -0.852. The average Bonchev–Trinajstić information content (AvgIpc) is 2.17. The van der Waals surface area contributed by atoms with Crippen molar-refractivity contribution < 1.29 is 9.90 Å². The molecule has 1 amide bonds. The van der Waals surface area contributed by atoms with E-state index in [9.17, 15) is 4.79 Å². The molecule has 0 radical (unpaired) electrons. The number of hydrogen-bond donors (Lipinski definition) is 1. The SMILES string of the molecule is O=C(O)N1CCc2ccncc2C1. The fourth-order valence-corrected chi connectivity index (χ4v) is 1.55. The molecule has 0 aromatic carbocycles. The van der Waals surface area contributed by atoms with Crippen LogP contribution in [0.2, 0.25) is 0 Å². The first-order valence-corrected chi connectivity index (χ1v) is 4.17. The number of aromatic nitrogens is 1. The minimum Gasteiger partial charge on any atom is -0.465 e. The number of carboxylic acid groups (broad SMARTS) is 1. The molecule has 0 saturated carbocycles. The largest absolute Gasteiger partial charge is 0.465 e. The molecule has 1 aliphatic heterocycles. The van der Waals surface area contributed by atoms with E-state index in [1.165, 1.54) is 10.5 Å². The van der Waals surface area contributed by atoms with E-state index in [4.69, 9.17) is 5.11 Å². The molecule has 4 nitrogen and oxygen atoms in total. The molecule has 1 N–H and O–H groups in total. The second-order valence-corrected chi connectivity index (χ2v) is 3.10. The molecule has 0 atom stereocenters. The van der Waals surface area contributed by atoms with Crippen LogP contribution < -0.4 is 0 Å². The molecule has 1 aromatic heterocycles. The predicted octanol–water partition coefficient (Wildman–Crippen LogP) is 1.12. The van der Waals surface area contributed by atoms with Gasteiger partial charge < -0.3 is 10.0 Å². The van der Waals surface area contributed by atoms with Crippen LogP contribution in [-0.4, -0.2) is 27.6 Å². The van der Waals surface area contributed by atoms with E-state index in [0.717, 1.165) is 12.0 Å². The number of amides is 1. The van der Waals surface area contributed by atoms with Gasteiger partial charge in [-0.3, -0.25) is 4.98 Å². The van der Waals surface area contributed by atoms with E-state index in [1.807, 2.05) is 6.07 Å². The highest BCUT2D eigenvalue weighted by Crippen LogP contribution is 2.16. The Hall–Kier alpha value is -1.58. The lowest BCUT2D eigenvalue weighted by Crippen LogP contribution is -2.34. The standard InChI is InChI=1S/C9H10N2O2/c12-9(13)11-4-2-7-1-3-10-5-8(7)6-11/h1,3,5H,2,4,6H2,(H,12,13). The number of pyridine rings is 1. The van der Waals surface area contributed by atoms with Crippen LogP contribution in [0.25, 0.3) is 0 Å². The zero-order chi connectivity index (χ0) is 9.26. The fraction of sp³-hybridized carbons (Fsp3) is 0.333. The van der Waals surface area contributed by atoms with Crippen molar-refractivity contribution in [3.8, 4) is 0 Å². The molecule has 0 fully saturated rings. The number of hydrogen-bond acceptors (Lipinski definition) is 2. The molecule has 13 heavy (non-hydrogen) atoms. The Morgan fingerprint density at radius 3 is 3.15 bits per heavy atom. The fourth-order valence-electron chi connectivity index (χ4n) is 1.55. The van der Waals surface area contributed by atoms with Gasteiger partial charge in [0, 0.05) is 18.9 Å². The lowest BCUT2D eigenvalue weighted by atomic mass is 10.0. The molecule has 1 aromatic rings. The molecule has 0 saturated heterocycles. The second-order valence-electron chi connectivity index (χ2n) is 3.10. The van der Waals surface area contributed by atoms with Crippen molar-refractivity contribution in [3.05, 3.63) is 29.6 Å². The normalized spacial score (nSPS) is 15.2. The topological polar surface area (TPSA) is 53.4 Å². The summed E-state index contributed by atoms with van der Waals surface area (Å²) in [4.78, 5) is 16.0. The maximum absolute atomic E-state index is 10.7. The number of fused-ring (bicyclic) bond motifs is 1. The van der Waals surface area contributed by atoms with Gasteiger partial charge in [0.2, 0.25) is 0 Å². The van der Waals surface area contributed by atoms with Crippen molar-refractivity contribution in [2.75, 3.05) is 6.54 Å². The van der Waals surface area contributed by atoms with Crippen molar-refractivity contribution in [2.45, 2.75) is 13.0 Å². The zero-order valence-corrected chi connectivity index (χ0v) is 7.10. The number of rotatable bonds is 0. The first kappa shape index (κ1) is 8.04. The Bertz CT molecular complexity index is 338. The molecular formula is C9H10N2O2. The smallest absolute Gasteiger partial charge is 0.407 e. The molecule has 0 aliphatic carbocycles. The highest BCUT2D eigenvalue weighted by Gasteiger charge is 2.19. The van der Waals surface area contributed by atoms with Gasteiger partial charge >= 0.3 is 6.09 Å².